The molecule has 1 atom stereocenters. The second-order valence-corrected chi connectivity index (χ2v) is 8.07. The van der Waals surface area contributed by atoms with Gasteiger partial charge in [-0.2, -0.15) is 4.31 Å². The third-order valence-electron chi connectivity index (χ3n) is 3.92. The maximum Gasteiger partial charge on any atom is 0.243 e. The predicted octanol–water partition coefficient (Wildman–Crippen LogP) is 2.77. The first-order valence-corrected chi connectivity index (χ1v) is 9.53. The van der Waals surface area contributed by atoms with Gasteiger partial charge in [-0.25, -0.2) is 8.42 Å². The number of fused-ring (bicyclic) bond motifs is 1. The van der Waals surface area contributed by atoms with Crippen molar-refractivity contribution in [1.82, 2.24) is 9.62 Å². The normalized spacial score (nSPS) is 13.2. The van der Waals surface area contributed by atoms with Gasteiger partial charge in [0.2, 0.25) is 15.9 Å². The van der Waals surface area contributed by atoms with Gasteiger partial charge in [-0.1, -0.05) is 43.7 Å². The number of amides is 1. The Hall–Kier alpha value is -1.92. The number of sulfonamides is 1. The minimum atomic E-state index is -3.70. The van der Waals surface area contributed by atoms with Crippen LogP contribution in [0.5, 0.6) is 0 Å². The highest BCUT2D eigenvalue weighted by atomic mass is 32.2. The van der Waals surface area contributed by atoms with Crippen LogP contribution >= 0.6 is 0 Å². The SMILES string of the molecule is CCC[C@H](C)NC(=O)CN(C)S(=O)(=O)c1ccc2ccccc2c1. The van der Waals surface area contributed by atoms with Crippen LogP contribution in [0.4, 0.5) is 0 Å². The number of carbonyl (C=O) groups is 1. The highest BCUT2D eigenvalue weighted by molar-refractivity contribution is 7.89. The van der Waals surface area contributed by atoms with Gasteiger partial charge in [0.15, 0.2) is 0 Å². The summed E-state index contributed by atoms with van der Waals surface area (Å²) in [6.07, 6.45) is 1.83. The fraction of sp³-hybridized carbons (Fsp3) is 0.389. The molecule has 6 heteroatoms. The molecule has 0 aromatic heterocycles. The second-order valence-electron chi connectivity index (χ2n) is 6.03. The Balaban J connectivity index is 2.14. The number of carbonyl (C=O) groups excluding carboxylic acids is 1. The molecule has 0 aliphatic heterocycles. The molecule has 2 aromatic rings. The molecule has 2 aromatic carbocycles. The molecule has 130 valence electrons. The highest BCUT2D eigenvalue weighted by Gasteiger charge is 2.23. The van der Waals surface area contributed by atoms with Crippen molar-refractivity contribution in [2.45, 2.75) is 37.6 Å². The highest BCUT2D eigenvalue weighted by Crippen LogP contribution is 2.21. The summed E-state index contributed by atoms with van der Waals surface area (Å²) in [4.78, 5) is 12.2. The first-order valence-electron chi connectivity index (χ1n) is 8.09. The second kappa shape index (κ2) is 7.77. The average Bonchev–Trinajstić information content (AvgIpc) is 2.54. The number of nitrogens with zero attached hydrogens (tertiary/aromatic N) is 1. The van der Waals surface area contributed by atoms with Crippen LogP contribution in [0.15, 0.2) is 47.4 Å². The standard InChI is InChI=1S/C18H24N2O3S/c1-4-7-14(2)19-18(21)13-20(3)24(22,23)17-11-10-15-8-5-6-9-16(15)12-17/h5-6,8-12,14H,4,7,13H2,1-3H3,(H,19,21)/t14-/m0/s1. The number of likely N-dealkylation sites (N-methyl/N-ethyl adjacent to an activating group) is 1. The van der Waals surface area contributed by atoms with Crippen LogP contribution < -0.4 is 5.32 Å². The van der Waals surface area contributed by atoms with Crippen LogP contribution in [0.2, 0.25) is 0 Å². The fourth-order valence-electron chi connectivity index (χ4n) is 2.62. The van der Waals surface area contributed by atoms with Gasteiger partial charge in [-0.15, -0.1) is 0 Å². The van der Waals surface area contributed by atoms with E-state index in [1.54, 1.807) is 18.2 Å². The minimum Gasteiger partial charge on any atom is -0.353 e. The van der Waals surface area contributed by atoms with Crippen molar-refractivity contribution in [3.63, 3.8) is 0 Å². The van der Waals surface area contributed by atoms with Crippen molar-refractivity contribution in [1.29, 1.82) is 0 Å². The van der Waals surface area contributed by atoms with Crippen molar-refractivity contribution in [2.24, 2.45) is 0 Å². The molecule has 0 aliphatic rings. The van der Waals surface area contributed by atoms with Crippen LogP contribution in [-0.4, -0.2) is 38.3 Å². The summed E-state index contributed by atoms with van der Waals surface area (Å²) in [5.41, 5.74) is 0. The van der Waals surface area contributed by atoms with Crippen molar-refractivity contribution in [3.8, 4) is 0 Å². The molecule has 0 fully saturated rings. The lowest BCUT2D eigenvalue weighted by atomic mass is 10.1. The third-order valence-corrected chi connectivity index (χ3v) is 5.72. The quantitative estimate of drug-likeness (QED) is 0.837. The molecule has 5 nitrogen and oxygen atoms in total. The lowest BCUT2D eigenvalue weighted by Crippen LogP contribution is -2.41. The molecule has 0 saturated carbocycles. The van der Waals surface area contributed by atoms with Gasteiger partial charge >= 0.3 is 0 Å². The van der Waals surface area contributed by atoms with E-state index in [9.17, 15) is 13.2 Å². The molecular formula is C18H24N2O3S. The van der Waals surface area contributed by atoms with Crippen molar-refractivity contribution < 1.29 is 13.2 Å². The van der Waals surface area contributed by atoms with E-state index in [0.29, 0.717) is 0 Å². The summed E-state index contributed by atoms with van der Waals surface area (Å²) in [6.45, 7) is 3.77. The lowest BCUT2D eigenvalue weighted by molar-refractivity contribution is -0.121. The van der Waals surface area contributed by atoms with E-state index in [1.165, 1.54) is 7.05 Å². The summed E-state index contributed by atoms with van der Waals surface area (Å²) in [6, 6.07) is 12.6. The summed E-state index contributed by atoms with van der Waals surface area (Å²) in [5.74, 6) is -0.289. The van der Waals surface area contributed by atoms with Gasteiger partial charge in [-0.05, 0) is 36.2 Å². The van der Waals surface area contributed by atoms with Crippen LogP contribution in [-0.2, 0) is 14.8 Å². The van der Waals surface area contributed by atoms with Gasteiger partial charge in [0.25, 0.3) is 0 Å². The molecule has 0 radical (unpaired) electrons. The zero-order valence-corrected chi connectivity index (χ0v) is 15.1. The number of benzene rings is 2. The van der Waals surface area contributed by atoms with Crippen LogP contribution in [0.25, 0.3) is 10.8 Å². The van der Waals surface area contributed by atoms with Crippen LogP contribution in [0.1, 0.15) is 26.7 Å². The Morgan fingerprint density at radius 2 is 1.83 bits per heavy atom. The molecule has 1 N–H and O–H groups in total. The Labute approximate surface area is 143 Å². The zero-order valence-electron chi connectivity index (χ0n) is 14.3. The van der Waals surface area contributed by atoms with Gasteiger partial charge in [0.1, 0.15) is 0 Å². The van der Waals surface area contributed by atoms with Gasteiger partial charge in [-0.3, -0.25) is 4.79 Å². The number of nitrogens with one attached hydrogen (secondary N) is 1. The van der Waals surface area contributed by atoms with E-state index in [0.717, 1.165) is 27.9 Å². The van der Waals surface area contributed by atoms with E-state index in [1.807, 2.05) is 38.1 Å². The molecule has 0 aliphatic carbocycles. The Morgan fingerprint density at radius 1 is 1.17 bits per heavy atom. The summed E-state index contributed by atoms with van der Waals surface area (Å²) >= 11 is 0. The molecule has 24 heavy (non-hydrogen) atoms. The molecular weight excluding hydrogens is 324 g/mol. The zero-order chi connectivity index (χ0) is 17.7. The van der Waals surface area contributed by atoms with Gasteiger partial charge in [0, 0.05) is 13.1 Å². The Morgan fingerprint density at radius 3 is 2.50 bits per heavy atom. The molecule has 0 spiro atoms. The third kappa shape index (κ3) is 4.33. The van der Waals surface area contributed by atoms with E-state index in [2.05, 4.69) is 5.32 Å². The van der Waals surface area contributed by atoms with Gasteiger partial charge in [0.05, 0.1) is 11.4 Å². The monoisotopic (exact) mass is 348 g/mol. The topological polar surface area (TPSA) is 66.5 Å². The molecule has 1 amide bonds. The largest absolute Gasteiger partial charge is 0.353 e. The first-order chi connectivity index (χ1) is 11.3. The van der Waals surface area contributed by atoms with E-state index >= 15 is 0 Å². The summed E-state index contributed by atoms with van der Waals surface area (Å²) in [7, 11) is -2.28. The molecule has 0 unspecified atom stereocenters. The van der Waals surface area contributed by atoms with Crippen molar-refractivity contribution in [2.75, 3.05) is 13.6 Å². The Bertz CT molecular complexity index is 818. The average molecular weight is 348 g/mol. The van der Waals surface area contributed by atoms with Crippen molar-refractivity contribution in [3.05, 3.63) is 42.5 Å². The van der Waals surface area contributed by atoms with Crippen molar-refractivity contribution >= 4 is 26.7 Å². The van der Waals surface area contributed by atoms with Crippen LogP contribution in [0.3, 0.4) is 0 Å². The first kappa shape index (κ1) is 18.4. The van der Waals surface area contributed by atoms with E-state index < -0.39 is 10.0 Å². The maximum absolute atomic E-state index is 12.7. The van der Waals surface area contributed by atoms with Gasteiger partial charge < -0.3 is 5.32 Å². The number of hydrogen-bond donors (Lipinski definition) is 1. The lowest BCUT2D eigenvalue weighted by Gasteiger charge is -2.19. The molecule has 0 heterocycles. The smallest absolute Gasteiger partial charge is 0.243 e. The summed E-state index contributed by atoms with van der Waals surface area (Å²) in [5, 5.41) is 4.65. The molecule has 0 bridgehead atoms. The maximum atomic E-state index is 12.7. The van der Waals surface area contributed by atoms with Crippen LogP contribution in [0, 0.1) is 0 Å². The van der Waals surface area contributed by atoms with E-state index in [4.69, 9.17) is 0 Å². The molecule has 2 rings (SSSR count). The van der Waals surface area contributed by atoms with E-state index in [-0.39, 0.29) is 23.4 Å². The fourth-order valence-corrected chi connectivity index (χ4v) is 3.78. The minimum absolute atomic E-state index is 0.0410. The molecule has 0 saturated heterocycles. The summed E-state index contributed by atoms with van der Waals surface area (Å²) < 4.78 is 26.4. The number of hydrogen-bond acceptors (Lipinski definition) is 3. The predicted molar refractivity (Wildman–Crippen MR) is 96.3 cm³/mol. The Kier molecular flexibility index (Phi) is 5.96. The number of rotatable bonds is 7.